The quantitative estimate of drug-likeness (QED) is 0.620. The van der Waals surface area contributed by atoms with Gasteiger partial charge >= 0.3 is 15.6 Å². The normalized spacial score (nSPS) is 12.5. The maximum Gasteiger partial charge on any atom is 0.534 e. The van der Waals surface area contributed by atoms with Crippen LogP contribution in [0, 0.1) is 0 Å². The van der Waals surface area contributed by atoms with Gasteiger partial charge in [-0.1, -0.05) is 0 Å². The molecule has 9 heteroatoms. The third-order valence-corrected chi connectivity index (χ3v) is 2.74. The lowest BCUT2D eigenvalue weighted by atomic mass is 10.5. The molecule has 1 heterocycles. The molecule has 0 bridgehead atoms. The molecule has 0 N–H and O–H groups in total. The Balaban J connectivity index is 3.03. The summed E-state index contributed by atoms with van der Waals surface area (Å²) in [6.45, 7) is 0. The highest BCUT2D eigenvalue weighted by molar-refractivity contribution is 9.10. The second-order valence-corrected chi connectivity index (χ2v) is 4.67. The molecule has 0 aromatic carbocycles. The minimum atomic E-state index is -5.67. The van der Waals surface area contributed by atoms with Crippen molar-refractivity contribution in [1.82, 2.24) is 4.98 Å². The van der Waals surface area contributed by atoms with Crippen LogP contribution in [0.3, 0.4) is 0 Å². The van der Waals surface area contributed by atoms with Crippen molar-refractivity contribution in [3.05, 3.63) is 22.8 Å². The first-order valence-corrected chi connectivity index (χ1v) is 5.55. The van der Waals surface area contributed by atoms with E-state index in [9.17, 15) is 21.6 Å². The molecule has 0 spiro atoms. The van der Waals surface area contributed by atoms with Crippen molar-refractivity contribution in [2.45, 2.75) is 5.51 Å². The fourth-order valence-corrected chi connectivity index (χ4v) is 1.46. The predicted molar refractivity (Wildman–Crippen MR) is 47.5 cm³/mol. The number of pyridine rings is 1. The number of nitrogens with zero attached hydrogens (tertiary/aromatic N) is 1. The van der Waals surface area contributed by atoms with Crippen LogP contribution in [0.2, 0.25) is 0 Å². The molecule has 0 aliphatic heterocycles. The molecule has 1 rings (SSSR count). The summed E-state index contributed by atoms with van der Waals surface area (Å²) in [5, 5.41) is 0. The molecule has 1 aromatic heterocycles. The average Bonchev–Trinajstić information content (AvgIpc) is 2.06. The molecule has 0 atom stereocenters. The largest absolute Gasteiger partial charge is 0.534 e. The van der Waals surface area contributed by atoms with E-state index in [1.165, 1.54) is 12.1 Å². The van der Waals surface area contributed by atoms with Gasteiger partial charge in [0.15, 0.2) is 0 Å². The third kappa shape index (κ3) is 2.81. The Morgan fingerprint density at radius 1 is 1.40 bits per heavy atom. The summed E-state index contributed by atoms with van der Waals surface area (Å²) >= 11 is 2.80. The maximum atomic E-state index is 11.9. The number of hydrogen-bond acceptors (Lipinski definition) is 4. The first-order valence-electron chi connectivity index (χ1n) is 3.35. The summed E-state index contributed by atoms with van der Waals surface area (Å²) in [6, 6.07) is 2.70. The first kappa shape index (κ1) is 12.2. The first-order chi connectivity index (χ1) is 6.74. The van der Waals surface area contributed by atoms with Gasteiger partial charge in [0.25, 0.3) is 0 Å². The van der Waals surface area contributed by atoms with Crippen LogP contribution < -0.4 is 4.18 Å². The van der Waals surface area contributed by atoms with Crippen LogP contribution >= 0.6 is 15.9 Å². The number of hydrogen-bond donors (Lipinski definition) is 0. The van der Waals surface area contributed by atoms with Gasteiger partial charge in [0.1, 0.15) is 0 Å². The molecule has 0 saturated heterocycles. The summed E-state index contributed by atoms with van der Waals surface area (Å²) in [6.07, 6.45) is 1.10. The topological polar surface area (TPSA) is 56.3 Å². The van der Waals surface area contributed by atoms with Crippen molar-refractivity contribution in [1.29, 1.82) is 0 Å². The number of aromatic nitrogens is 1. The molecule has 0 aliphatic rings. The minimum Gasteiger partial charge on any atom is -0.354 e. The second kappa shape index (κ2) is 3.97. The van der Waals surface area contributed by atoms with Crippen LogP contribution in [0.5, 0.6) is 5.88 Å². The zero-order valence-electron chi connectivity index (χ0n) is 6.82. The fraction of sp³-hybridized carbons (Fsp3) is 0.167. The molecule has 4 nitrogen and oxygen atoms in total. The third-order valence-electron chi connectivity index (χ3n) is 1.20. The molecule has 0 amide bonds. The van der Waals surface area contributed by atoms with E-state index in [2.05, 4.69) is 25.1 Å². The lowest BCUT2D eigenvalue weighted by Gasteiger charge is -2.08. The summed E-state index contributed by atoms with van der Waals surface area (Å²) in [4.78, 5) is 3.33. The second-order valence-electron chi connectivity index (χ2n) is 2.27. The minimum absolute atomic E-state index is 0.0119. The Hall–Kier alpha value is -0.830. The van der Waals surface area contributed by atoms with Crippen molar-refractivity contribution in [3.63, 3.8) is 0 Å². The molecule has 0 fully saturated rings. The Kier molecular flexibility index (Phi) is 3.24. The van der Waals surface area contributed by atoms with Gasteiger partial charge < -0.3 is 4.18 Å². The van der Waals surface area contributed by atoms with Crippen molar-refractivity contribution in [3.8, 4) is 5.88 Å². The smallest absolute Gasteiger partial charge is 0.354 e. The van der Waals surface area contributed by atoms with E-state index in [-0.39, 0.29) is 4.47 Å². The van der Waals surface area contributed by atoms with Gasteiger partial charge in [-0.3, -0.25) is 0 Å². The number of alkyl halides is 3. The van der Waals surface area contributed by atoms with Crippen molar-refractivity contribution < 1.29 is 25.8 Å². The summed E-state index contributed by atoms with van der Waals surface area (Å²) in [5.74, 6) is -0.658. The molecule has 0 radical (unpaired) electrons. The monoisotopic (exact) mass is 305 g/mol. The molecule has 15 heavy (non-hydrogen) atoms. The van der Waals surface area contributed by atoms with E-state index in [0.717, 1.165) is 6.20 Å². The lowest BCUT2D eigenvalue weighted by molar-refractivity contribution is -0.0501. The van der Waals surface area contributed by atoms with E-state index in [0.29, 0.717) is 0 Å². The van der Waals surface area contributed by atoms with Crippen LogP contribution in [0.25, 0.3) is 0 Å². The fourth-order valence-electron chi connectivity index (χ4n) is 0.584. The van der Waals surface area contributed by atoms with Crippen LogP contribution in [0.15, 0.2) is 22.8 Å². The summed E-state index contributed by atoms with van der Waals surface area (Å²) in [5.41, 5.74) is -5.47. The SMILES string of the molecule is O=S(=O)(Oc1ncccc1Br)C(F)(F)F. The highest BCUT2D eigenvalue weighted by atomic mass is 79.9. The van der Waals surface area contributed by atoms with E-state index in [4.69, 9.17) is 0 Å². The number of rotatable bonds is 2. The van der Waals surface area contributed by atoms with Crippen molar-refractivity contribution >= 4 is 26.0 Å². The Bertz CT molecular complexity index is 459. The number of halogens is 4. The lowest BCUT2D eigenvalue weighted by Crippen LogP contribution is -2.28. The molecular weight excluding hydrogens is 303 g/mol. The van der Waals surface area contributed by atoms with E-state index < -0.39 is 21.5 Å². The van der Waals surface area contributed by atoms with Crippen LogP contribution in [-0.4, -0.2) is 18.9 Å². The standard InChI is InChI=1S/C6H3BrF3NO3S/c7-4-2-1-3-11-5(4)14-15(12,13)6(8,9)10/h1-3H. The predicted octanol–water partition coefficient (Wildman–Crippen LogP) is 2.07. The van der Waals surface area contributed by atoms with Gasteiger partial charge in [-0.2, -0.15) is 21.6 Å². The van der Waals surface area contributed by atoms with Gasteiger partial charge in [0.05, 0.1) is 4.47 Å². The Morgan fingerprint density at radius 3 is 2.47 bits per heavy atom. The van der Waals surface area contributed by atoms with Crippen molar-refractivity contribution in [2.75, 3.05) is 0 Å². The average molecular weight is 306 g/mol. The van der Waals surface area contributed by atoms with Gasteiger partial charge in [-0.05, 0) is 28.1 Å². The highest BCUT2D eigenvalue weighted by Gasteiger charge is 2.49. The van der Waals surface area contributed by atoms with Crippen LogP contribution in [-0.2, 0) is 10.1 Å². The van der Waals surface area contributed by atoms with Crippen LogP contribution in [0.4, 0.5) is 13.2 Å². The molecule has 0 saturated carbocycles. The summed E-state index contributed by atoms with van der Waals surface area (Å²) < 4.78 is 60.6. The van der Waals surface area contributed by atoms with E-state index in [1.54, 1.807) is 0 Å². The molecule has 0 aliphatic carbocycles. The molecular formula is C6H3BrF3NO3S. The van der Waals surface area contributed by atoms with Gasteiger partial charge in [0.2, 0.25) is 5.88 Å². The Labute approximate surface area is 91.3 Å². The maximum absolute atomic E-state index is 11.9. The van der Waals surface area contributed by atoms with E-state index >= 15 is 0 Å². The molecule has 1 aromatic rings. The molecule has 0 unspecified atom stereocenters. The highest BCUT2D eigenvalue weighted by Crippen LogP contribution is 2.29. The van der Waals surface area contributed by atoms with Crippen LogP contribution in [0.1, 0.15) is 0 Å². The van der Waals surface area contributed by atoms with Crippen molar-refractivity contribution in [2.24, 2.45) is 0 Å². The Morgan fingerprint density at radius 2 is 2.00 bits per heavy atom. The van der Waals surface area contributed by atoms with Gasteiger partial charge in [-0.15, -0.1) is 0 Å². The zero-order chi connectivity index (χ0) is 11.7. The van der Waals surface area contributed by atoms with Gasteiger partial charge in [0, 0.05) is 6.20 Å². The van der Waals surface area contributed by atoms with E-state index in [1.807, 2.05) is 0 Å². The zero-order valence-corrected chi connectivity index (χ0v) is 9.23. The van der Waals surface area contributed by atoms with Gasteiger partial charge in [-0.25, -0.2) is 4.98 Å². The molecule has 84 valence electrons. The summed E-state index contributed by atoms with van der Waals surface area (Å²) in [7, 11) is -5.67.